The van der Waals surface area contributed by atoms with E-state index >= 15 is 0 Å². The fourth-order valence-corrected chi connectivity index (χ4v) is 1.95. The van der Waals surface area contributed by atoms with Crippen LogP contribution in [0.25, 0.3) is 0 Å². The molecule has 0 spiro atoms. The van der Waals surface area contributed by atoms with Crippen LogP contribution < -0.4 is 5.32 Å². The van der Waals surface area contributed by atoms with E-state index in [2.05, 4.69) is 15.4 Å². The van der Waals surface area contributed by atoms with Crippen molar-refractivity contribution in [3.8, 4) is 0 Å². The van der Waals surface area contributed by atoms with Crippen LogP contribution in [0.3, 0.4) is 0 Å². The number of aromatic nitrogens is 3. The number of hydrogen-bond acceptors (Lipinski definition) is 4. The third-order valence-electron chi connectivity index (χ3n) is 1.73. The van der Waals surface area contributed by atoms with Crippen LogP contribution in [0, 0.1) is 0 Å². The molecular formula is C8H7ClN4OS. The van der Waals surface area contributed by atoms with Crippen LogP contribution in [0.5, 0.6) is 0 Å². The van der Waals surface area contributed by atoms with Gasteiger partial charge in [-0.25, -0.2) is 4.68 Å². The predicted octanol–water partition coefficient (Wildman–Crippen LogP) is 1.78. The second kappa shape index (κ2) is 4.00. The molecule has 2 aromatic heterocycles. The predicted molar refractivity (Wildman–Crippen MR) is 58.3 cm³/mol. The third-order valence-corrected chi connectivity index (χ3v) is 2.96. The quantitative estimate of drug-likeness (QED) is 0.873. The van der Waals surface area contributed by atoms with Crippen LogP contribution in [0.2, 0.25) is 4.34 Å². The average molecular weight is 243 g/mol. The number of carbonyl (C=O) groups excluding carboxylic acids is 1. The Labute approximate surface area is 94.7 Å². The van der Waals surface area contributed by atoms with E-state index in [0.29, 0.717) is 15.2 Å². The van der Waals surface area contributed by atoms with E-state index in [4.69, 9.17) is 11.6 Å². The lowest BCUT2D eigenvalue weighted by atomic mass is 10.4. The Morgan fingerprint density at radius 2 is 2.40 bits per heavy atom. The van der Waals surface area contributed by atoms with E-state index in [-0.39, 0.29) is 5.91 Å². The fourth-order valence-electron chi connectivity index (χ4n) is 1.01. The minimum Gasteiger partial charge on any atom is -0.290 e. The molecule has 1 N–H and O–H groups in total. The van der Waals surface area contributed by atoms with Gasteiger partial charge >= 0.3 is 0 Å². The van der Waals surface area contributed by atoms with Gasteiger partial charge in [0, 0.05) is 7.05 Å². The molecule has 2 aromatic rings. The standard InChI is InChI=1S/C8H7ClN4OS/c1-13-8(10-4-11-13)12-7(14)5-2-3-6(9)15-5/h2-4H,1H3,(H,10,11,12,14). The molecule has 0 atom stereocenters. The van der Waals surface area contributed by atoms with Crippen LogP contribution in [0.4, 0.5) is 5.95 Å². The summed E-state index contributed by atoms with van der Waals surface area (Å²) in [5.74, 6) is 0.174. The normalized spacial score (nSPS) is 10.3. The summed E-state index contributed by atoms with van der Waals surface area (Å²) >= 11 is 6.94. The van der Waals surface area contributed by atoms with Crippen molar-refractivity contribution in [3.63, 3.8) is 0 Å². The summed E-state index contributed by atoms with van der Waals surface area (Å²) in [4.78, 5) is 16.1. The first-order chi connectivity index (χ1) is 7.16. The molecule has 0 saturated carbocycles. The maximum absolute atomic E-state index is 11.6. The molecule has 0 aromatic carbocycles. The zero-order valence-corrected chi connectivity index (χ0v) is 9.34. The highest BCUT2D eigenvalue weighted by Crippen LogP contribution is 2.21. The SMILES string of the molecule is Cn1ncnc1NC(=O)c1ccc(Cl)s1. The number of hydrogen-bond donors (Lipinski definition) is 1. The first kappa shape index (κ1) is 10.1. The number of thiophene rings is 1. The van der Waals surface area contributed by atoms with Crippen molar-refractivity contribution in [3.05, 3.63) is 27.7 Å². The minimum absolute atomic E-state index is 0.233. The summed E-state index contributed by atoms with van der Waals surface area (Å²) in [5.41, 5.74) is 0. The molecule has 0 aliphatic heterocycles. The molecule has 2 heterocycles. The first-order valence-corrected chi connectivity index (χ1v) is 5.27. The van der Waals surface area contributed by atoms with Crippen molar-refractivity contribution in [2.24, 2.45) is 7.05 Å². The average Bonchev–Trinajstić information content (AvgIpc) is 2.77. The molecule has 7 heteroatoms. The molecule has 5 nitrogen and oxygen atoms in total. The van der Waals surface area contributed by atoms with Crippen LogP contribution in [-0.2, 0) is 7.05 Å². The molecule has 0 aliphatic carbocycles. The monoisotopic (exact) mass is 242 g/mol. The molecule has 0 bridgehead atoms. The number of aryl methyl sites for hydroxylation is 1. The van der Waals surface area contributed by atoms with Crippen LogP contribution in [0.1, 0.15) is 9.67 Å². The van der Waals surface area contributed by atoms with Gasteiger partial charge in [0.05, 0.1) is 9.21 Å². The van der Waals surface area contributed by atoms with Crippen molar-refractivity contribution >= 4 is 34.8 Å². The zero-order chi connectivity index (χ0) is 10.8. The highest BCUT2D eigenvalue weighted by atomic mass is 35.5. The van der Waals surface area contributed by atoms with E-state index in [9.17, 15) is 4.79 Å². The van der Waals surface area contributed by atoms with E-state index in [1.54, 1.807) is 19.2 Å². The summed E-state index contributed by atoms with van der Waals surface area (Å²) in [6.45, 7) is 0. The molecule has 0 unspecified atom stereocenters. The van der Waals surface area contributed by atoms with Gasteiger partial charge < -0.3 is 0 Å². The van der Waals surface area contributed by atoms with Crippen molar-refractivity contribution < 1.29 is 4.79 Å². The molecular weight excluding hydrogens is 236 g/mol. The van der Waals surface area contributed by atoms with Gasteiger partial charge in [0.25, 0.3) is 5.91 Å². The number of nitrogens with zero attached hydrogens (tertiary/aromatic N) is 3. The Kier molecular flexibility index (Phi) is 2.70. The van der Waals surface area contributed by atoms with Gasteiger partial charge in [-0.1, -0.05) is 11.6 Å². The van der Waals surface area contributed by atoms with E-state index in [1.807, 2.05) is 0 Å². The molecule has 78 valence electrons. The van der Waals surface area contributed by atoms with Crippen molar-refractivity contribution in [1.82, 2.24) is 14.8 Å². The van der Waals surface area contributed by atoms with Gasteiger partial charge in [-0.05, 0) is 12.1 Å². The van der Waals surface area contributed by atoms with Crippen LogP contribution >= 0.6 is 22.9 Å². The molecule has 0 radical (unpaired) electrons. The van der Waals surface area contributed by atoms with E-state index in [1.165, 1.54) is 22.3 Å². The summed E-state index contributed by atoms with van der Waals surface area (Å²) in [6.07, 6.45) is 1.37. The lowest BCUT2D eigenvalue weighted by Crippen LogP contribution is -2.13. The maximum atomic E-state index is 11.6. The second-order valence-corrected chi connectivity index (χ2v) is 4.48. The largest absolute Gasteiger partial charge is 0.290 e. The first-order valence-electron chi connectivity index (χ1n) is 4.07. The molecule has 2 rings (SSSR count). The molecule has 0 saturated heterocycles. The Morgan fingerprint density at radius 3 is 2.93 bits per heavy atom. The van der Waals surface area contributed by atoms with Gasteiger partial charge in [0.1, 0.15) is 6.33 Å². The highest BCUT2D eigenvalue weighted by molar-refractivity contribution is 7.18. The van der Waals surface area contributed by atoms with Crippen molar-refractivity contribution in [2.75, 3.05) is 5.32 Å². The number of nitrogens with one attached hydrogen (secondary N) is 1. The highest BCUT2D eigenvalue weighted by Gasteiger charge is 2.11. The van der Waals surface area contributed by atoms with Gasteiger partial charge in [0.2, 0.25) is 5.95 Å². The summed E-state index contributed by atoms with van der Waals surface area (Å²) in [7, 11) is 1.70. The number of rotatable bonds is 2. The Morgan fingerprint density at radius 1 is 1.60 bits per heavy atom. The number of carbonyl (C=O) groups is 1. The number of halogens is 1. The van der Waals surface area contributed by atoms with Gasteiger partial charge in [-0.15, -0.1) is 11.3 Å². The van der Waals surface area contributed by atoms with Gasteiger partial charge in [-0.2, -0.15) is 10.1 Å². The molecule has 0 fully saturated rings. The lowest BCUT2D eigenvalue weighted by molar-refractivity contribution is 0.102. The minimum atomic E-state index is -0.233. The van der Waals surface area contributed by atoms with Crippen LogP contribution in [0.15, 0.2) is 18.5 Å². The number of amides is 1. The summed E-state index contributed by atoms with van der Waals surface area (Å²) in [5, 5.41) is 6.46. The Bertz CT molecular complexity index is 492. The second-order valence-electron chi connectivity index (χ2n) is 2.77. The topological polar surface area (TPSA) is 59.8 Å². The van der Waals surface area contributed by atoms with Crippen LogP contribution in [-0.4, -0.2) is 20.7 Å². The Balaban J connectivity index is 2.14. The summed E-state index contributed by atoms with van der Waals surface area (Å²) in [6, 6.07) is 3.34. The molecule has 1 amide bonds. The zero-order valence-electron chi connectivity index (χ0n) is 7.77. The van der Waals surface area contributed by atoms with Gasteiger partial charge in [-0.3, -0.25) is 10.1 Å². The van der Waals surface area contributed by atoms with Gasteiger partial charge in [0.15, 0.2) is 0 Å². The maximum Gasteiger partial charge on any atom is 0.268 e. The smallest absolute Gasteiger partial charge is 0.268 e. The third kappa shape index (κ3) is 2.16. The lowest BCUT2D eigenvalue weighted by Gasteiger charge is -2.00. The molecule has 15 heavy (non-hydrogen) atoms. The van der Waals surface area contributed by atoms with E-state index in [0.717, 1.165) is 0 Å². The number of anilines is 1. The molecule has 0 aliphatic rings. The van der Waals surface area contributed by atoms with Crippen molar-refractivity contribution in [1.29, 1.82) is 0 Å². The Hall–Kier alpha value is -1.40. The summed E-state index contributed by atoms with van der Waals surface area (Å²) < 4.78 is 2.06. The van der Waals surface area contributed by atoms with Crippen molar-refractivity contribution in [2.45, 2.75) is 0 Å². The van der Waals surface area contributed by atoms with E-state index < -0.39 is 0 Å². The fraction of sp³-hybridized carbons (Fsp3) is 0.125.